The fourth-order valence-corrected chi connectivity index (χ4v) is 3.18. The highest BCUT2D eigenvalue weighted by Gasteiger charge is 2.38. The average Bonchev–Trinajstić information content (AvgIpc) is 2.35. The third-order valence-corrected chi connectivity index (χ3v) is 4.06. The van der Waals surface area contributed by atoms with Gasteiger partial charge in [0, 0.05) is 0 Å². The summed E-state index contributed by atoms with van der Waals surface area (Å²) >= 11 is 0. The molecule has 2 aliphatic carbocycles. The van der Waals surface area contributed by atoms with Crippen molar-refractivity contribution in [3.8, 4) is 0 Å². The second-order valence-corrected chi connectivity index (χ2v) is 4.81. The van der Waals surface area contributed by atoms with Crippen LogP contribution in [0.2, 0.25) is 5.82 Å². The lowest BCUT2D eigenvalue weighted by Gasteiger charge is -2.43. The van der Waals surface area contributed by atoms with E-state index >= 15 is 0 Å². The van der Waals surface area contributed by atoms with E-state index < -0.39 is 0 Å². The van der Waals surface area contributed by atoms with Crippen LogP contribution >= 0.6 is 0 Å². The van der Waals surface area contributed by atoms with E-state index in [0.717, 1.165) is 17.8 Å². The quantitative estimate of drug-likeness (QED) is 0.547. The van der Waals surface area contributed by atoms with Crippen LogP contribution in [0.3, 0.4) is 0 Å². The minimum absolute atomic E-state index is 0.448. The van der Waals surface area contributed by atoms with E-state index in [0.29, 0.717) is 5.82 Å². The number of hydrogen-bond acceptors (Lipinski definition) is 0. The first-order valence-corrected chi connectivity index (χ1v) is 5.54. The first kappa shape index (κ1) is 8.65. The van der Waals surface area contributed by atoms with E-state index in [4.69, 9.17) is 7.85 Å². The van der Waals surface area contributed by atoms with Crippen molar-refractivity contribution in [1.29, 1.82) is 0 Å². The molecule has 0 N–H and O–H groups in total. The van der Waals surface area contributed by atoms with Gasteiger partial charge in [0.1, 0.15) is 0 Å². The lowest BCUT2D eigenvalue weighted by Crippen LogP contribution is -2.33. The van der Waals surface area contributed by atoms with Gasteiger partial charge in [-0.1, -0.05) is 44.8 Å². The van der Waals surface area contributed by atoms with Crippen LogP contribution in [0, 0.1) is 17.8 Å². The molecule has 0 aliphatic heterocycles. The van der Waals surface area contributed by atoms with Crippen LogP contribution in [0.4, 0.5) is 0 Å². The molecule has 3 atom stereocenters. The zero-order valence-corrected chi connectivity index (χ0v) is 8.13. The van der Waals surface area contributed by atoms with Gasteiger partial charge in [-0.25, -0.2) is 0 Å². The second-order valence-electron chi connectivity index (χ2n) is 4.81. The number of rotatable bonds is 2. The fraction of sp³-hybridized carbons (Fsp3) is 1.00. The summed E-state index contributed by atoms with van der Waals surface area (Å²) in [5, 5.41) is 0. The molecule has 0 spiro atoms. The Kier molecular flexibility index (Phi) is 2.48. The van der Waals surface area contributed by atoms with Crippen molar-refractivity contribution in [3.05, 3.63) is 0 Å². The molecule has 2 rings (SSSR count). The monoisotopic (exact) mass is 162 g/mol. The van der Waals surface area contributed by atoms with Gasteiger partial charge in [-0.05, 0) is 24.2 Å². The molecule has 3 unspecified atom stereocenters. The summed E-state index contributed by atoms with van der Waals surface area (Å²) < 4.78 is 0. The summed E-state index contributed by atoms with van der Waals surface area (Å²) in [6.45, 7) is 2.19. The summed E-state index contributed by atoms with van der Waals surface area (Å²) in [4.78, 5) is 0. The fourth-order valence-electron chi connectivity index (χ4n) is 3.18. The molecule has 2 fully saturated rings. The molecule has 0 heterocycles. The van der Waals surface area contributed by atoms with E-state index in [9.17, 15) is 0 Å². The van der Waals surface area contributed by atoms with Crippen LogP contribution in [0.1, 0.15) is 45.4 Å². The Bertz CT molecular complexity index is 145. The molecule has 2 saturated carbocycles. The SMILES string of the molecule is [B]C(C)C1CCC1C1CCCC1. The molecular weight excluding hydrogens is 143 g/mol. The summed E-state index contributed by atoms with van der Waals surface area (Å²) in [6.07, 6.45) is 8.82. The van der Waals surface area contributed by atoms with E-state index in [-0.39, 0.29) is 0 Å². The molecular formula is C11H19B. The van der Waals surface area contributed by atoms with Gasteiger partial charge < -0.3 is 0 Å². The lowest BCUT2D eigenvalue weighted by molar-refractivity contribution is 0.103. The third-order valence-electron chi connectivity index (χ3n) is 4.06. The molecule has 0 aromatic carbocycles. The predicted octanol–water partition coefficient (Wildman–Crippen LogP) is 3.18. The maximum atomic E-state index is 5.96. The Morgan fingerprint density at radius 3 is 2.17 bits per heavy atom. The maximum absolute atomic E-state index is 5.96. The van der Waals surface area contributed by atoms with Gasteiger partial charge in [-0.3, -0.25) is 0 Å². The Labute approximate surface area is 77.5 Å². The van der Waals surface area contributed by atoms with Gasteiger partial charge in [0.15, 0.2) is 0 Å². The molecule has 0 nitrogen and oxygen atoms in total. The van der Waals surface area contributed by atoms with Crippen LogP contribution in [0.5, 0.6) is 0 Å². The van der Waals surface area contributed by atoms with Crippen molar-refractivity contribution in [3.63, 3.8) is 0 Å². The highest BCUT2D eigenvalue weighted by atomic mass is 14.4. The van der Waals surface area contributed by atoms with Crippen LogP contribution in [-0.2, 0) is 0 Å². The Hall–Kier alpha value is 0.0649. The van der Waals surface area contributed by atoms with Crippen molar-refractivity contribution in [1.82, 2.24) is 0 Å². The van der Waals surface area contributed by atoms with E-state index in [1.165, 1.54) is 38.5 Å². The Morgan fingerprint density at radius 1 is 1.08 bits per heavy atom. The topological polar surface area (TPSA) is 0 Å². The molecule has 0 aromatic rings. The second kappa shape index (κ2) is 3.43. The van der Waals surface area contributed by atoms with E-state index in [1.807, 2.05) is 0 Å². The van der Waals surface area contributed by atoms with Crippen molar-refractivity contribution >= 4 is 7.85 Å². The molecule has 0 aromatic heterocycles. The lowest BCUT2D eigenvalue weighted by atomic mass is 9.57. The maximum Gasteiger partial charge on any atom is 0.0699 e. The number of hydrogen-bond donors (Lipinski definition) is 0. The van der Waals surface area contributed by atoms with Gasteiger partial charge in [0.25, 0.3) is 0 Å². The molecule has 12 heavy (non-hydrogen) atoms. The van der Waals surface area contributed by atoms with Crippen LogP contribution in [0.25, 0.3) is 0 Å². The third kappa shape index (κ3) is 1.43. The molecule has 0 amide bonds. The standard InChI is InChI=1S/C11H19B/c1-8(12)10-6-7-11(10)9-4-2-3-5-9/h8-11H,2-7H2,1H3. The zero-order valence-electron chi connectivity index (χ0n) is 8.13. The summed E-state index contributed by atoms with van der Waals surface area (Å²) in [5.41, 5.74) is 0. The molecule has 2 radical (unpaired) electrons. The van der Waals surface area contributed by atoms with Gasteiger partial charge in [-0.2, -0.15) is 0 Å². The first-order valence-electron chi connectivity index (χ1n) is 5.54. The highest BCUT2D eigenvalue weighted by Crippen LogP contribution is 2.49. The smallest absolute Gasteiger partial charge is 0.0699 e. The summed E-state index contributed by atoms with van der Waals surface area (Å²) in [7, 11) is 5.96. The van der Waals surface area contributed by atoms with Crippen molar-refractivity contribution < 1.29 is 0 Å². The van der Waals surface area contributed by atoms with Gasteiger partial charge in [0.2, 0.25) is 0 Å². The van der Waals surface area contributed by atoms with Gasteiger partial charge in [0.05, 0.1) is 7.85 Å². The van der Waals surface area contributed by atoms with Crippen molar-refractivity contribution in [2.45, 2.75) is 51.3 Å². The molecule has 2 aliphatic rings. The molecule has 0 bridgehead atoms. The van der Waals surface area contributed by atoms with Crippen LogP contribution in [-0.4, -0.2) is 7.85 Å². The first-order chi connectivity index (χ1) is 5.79. The van der Waals surface area contributed by atoms with E-state index in [1.54, 1.807) is 0 Å². The normalized spacial score (nSPS) is 39.4. The molecule has 0 saturated heterocycles. The minimum Gasteiger partial charge on any atom is -0.0771 e. The Morgan fingerprint density at radius 2 is 1.75 bits per heavy atom. The van der Waals surface area contributed by atoms with E-state index in [2.05, 4.69) is 6.92 Å². The van der Waals surface area contributed by atoms with Gasteiger partial charge >= 0.3 is 0 Å². The zero-order chi connectivity index (χ0) is 8.55. The van der Waals surface area contributed by atoms with Gasteiger partial charge in [-0.15, -0.1) is 0 Å². The van der Waals surface area contributed by atoms with Crippen LogP contribution < -0.4 is 0 Å². The summed E-state index contributed by atoms with van der Waals surface area (Å²) in [6, 6.07) is 0. The Balaban J connectivity index is 1.87. The van der Waals surface area contributed by atoms with Crippen LogP contribution in [0.15, 0.2) is 0 Å². The largest absolute Gasteiger partial charge is 0.0771 e. The highest BCUT2D eigenvalue weighted by molar-refractivity contribution is 6.11. The predicted molar refractivity (Wildman–Crippen MR) is 53.4 cm³/mol. The van der Waals surface area contributed by atoms with Crippen molar-refractivity contribution in [2.24, 2.45) is 17.8 Å². The minimum atomic E-state index is 0.448. The summed E-state index contributed by atoms with van der Waals surface area (Å²) in [5.74, 6) is 3.37. The molecule has 66 valence electrons. The van der Waals surface area contributed by atoms with Crippen molar-refractivity contribution in [2.75, 3.05) is 0 Å². The average molecular weight is 162 g/mol. The molecule has 1 heteroatoms.